The lowest BCUT2D eigenvalue weighted by Crippen LogP contribution is -2.60. The second-order valence-electron chi connectivity index (χ2n) is 35.2. The third kappa shape index (κ3) is 35.9. The minimum absolute atomic E-state index is 0.00371. The molecule has 2 heterocycles. The number of likely N-dealkylation sites (tertiary alicyclic amines) is 1. The van der Waals surface area contributed by atoms with Crippen molar-refractivity contribution in [3.63, 3.8) is 0 Å². The standard InChI is InChI=1S/C92H146N14O25/c1-15-57(8)79(69(123-13)50-75(110)106-40-24-30-68(106)83(124-14)58(9)84(114)98-59(10)80(111)61-25-19-18-20-26-61)104(11)89(119)77(55(4)5)103-88(118)78(56(6)7)105(12)92(122)130-52-60-31-33-62(34-32-60)99-85(115)66(29-23-38-95-90(94)120)101-87(117)76(54(2)3)102-86(116)67(35-36-73(108)97-51-71-82(113)81(112)70(131-71)49-72(93)107)100-74(109)37-41-125-43-45-127-47-48-128-46-44-126-42-39-96-91(121)129-53-65-63-27-21-16-17-22-28-64(63)65/h18-20,25-26,31-34,54-59,63-71,76-83,111-113H,15,21-24,27-30,35-53H2,1-14H3,(H2,93,107)(H,96,121)(H,97,108)(H,98,114)(H,99,115)(H,100,109)(H,101,117)(H,102,116)(H,103,118)(H3,94,95,120)/t57-,58+,59+,63-,64+,65?,66-,67-,68-,69+,70-,71+,76-,77-,78-,79?,80+,81-,82+,83+/m0/s1. The van der Waals surface area contributed by atoms with Crippen molar-refractivity contribution in [2.24, 2.45) is 58.8 Å². The third-order valence-corrected chi connectivity index (χ3v) is 24.5. The van der Waals surface area contributed by atoms with Crippen LogP contribution in [0.1, 0.15) is 176 Å². The Bertz CT molecular complexity index is 4010. The molecule has 20 atom stereocenters. The number of benzene rings is 2. The zero-order valence-electron chi connectivity index (χ0n) is 78.6. The molecule has 2 unspecified atom stereocenters. The number of nitrogens with zero attached hydrogens (tertiary/aromatic N) is 3. The number of aliphatic hydroxyl groups excluding tert-OH is 3. The predicted molar refractivity (Wildman–Crippen MR) is 482 cm³/mol. The van der Waals surface area contributed by atoms with Crippen molar-refractivity contribution in [1.82, 2.24) is 57.2 Å². The van der Waals surface area contributed by atoms with Gasteiger partial charge in [-0.25, -0.2) is 14.4 Å². The van der Waals surface area contributed by atoms with Gasteiger partial charge in [0.15, 0.2) is 0 Å². The minimum Gasteiger partial charge on any atom is -0.449 e. The number of aliphatic hydroxyl groups is 3. The normalized spacial score (nSPS) is 20.8. The van der Waals surface area contributed by atoms with Gasteiger partial charge in [-0.1, -0.05) is 111 Å². The molecule has 2 aliphatic carbocycles. The highest BCUT2D eigenvalue weighted by Crippen LogP contribution is 2.52. The predicted octanol–water partition coefficient (Wildman–Crippen LogP) is 2.96. The second-order valence-corrected chi connectivity index (χ2v) is 35.2. The summed E-state index contributed by atoms with van der Waals surface area (Å²) < 4.78 is 51.2. The molecular weight excluding hydrogens is 1700 g/mol. The zero-order chi connectivity index (χ0) is 96.6. The Labute approximate surface area is 769 Å². The van der Waals surface area contributed by atoms with Crippen LogP contribution in [0.5, 0.6) is 0 Å². The lowest BCUT2D eigenvalue weighted by molar-refractivity contribution is -0.148. The molecule has 16 N–H and O–H groups in total. The molecule has 2 aromatic carbocycles. The van der Waals surface area contributed by atoms with E-state index in [0.717, 1.165) is 30.6 Å². The number of amides is 14. The van der Waals surface area contributed by atoms with Crippen LogP contribution in [0.4, 0.5) is 20.1 Å². The molecule has 3 fully saturated rings. The van der Waals surface area contributed by atoms with Crippen LogP contribution in [0.15, 0.2) is 54.6 Å². The largest absolute Gasteiger partial charge is 0.449 e. The number of ether oxygens (including phenoxy) is 9. The molecule has 2 aromatic rings. The molecule has 2 saturated heterocycles. The lowest BCUT2D eigenvalue weighted by atomic mass is 9.89. The molecule has 131 heavy (non-hydrogen) atoms. The number of urea groups is 1. The number of nitrogens with two attached hydrogens (primary N) is 2. The Morgan fingerprint density at radius 1 is 0.603 bits per heavy atom. The van der Waals surface area contributed by atoms with Crippen LogP contribution in [-0.4, -0.2) is 306 Å². The molecule has 39 nitrogen and oxygen atoms in total. The summed E-state index contributed by atoms with van der Waals surface area (Å²) in [6.07, 6.45) is -4.79. The van der Waals surface area contributed by atoms with Gasteiger partial charge in [0.2, 0.25) is 59.1 Å². The van der Waals surface area contributed by atoms with Crippen LogP contribution in [0.25, 0.3) is 0 Å². The number of fused-ring (bicyclic) bond motifs is 1. The van der Waals surface area contributed by atoms with Gasteiger partial charge in [-0.05, 0) is 117 Å². The van der Waals surface area contributed by atoms with Gasteiger partial charge in [-0.2, -0.15) is 0 Å². The Morgan fingerprint density at radius 3 is 1.79 bits per heavy atom. The van der Waals surface area contributed by atoms with Crippen molar-refractivity contribution in [2.75, 3.05) is 119 Å². The minimum atomic E-state index is -1.49. The molecule has 1 saturated carbocycles. The smallest absolute Gasteiger partial charge is 0.410 e. The van der Waals surface area contributed by atoms with Crippen LogP contribution < -0.4 is 59.3 Å². The van der Waals surface area contributed by atoms with Crippen molar-refractivity contribution in [3.8, 4) is 11.8 Å². The summed E-state index contributed by atoms with van der Waals surface area (Å²) in [4.78, 5) is 182. The average molecular weight is 1850 g/mol. The van der Waals surface area contributed by atoms with Crippen LogP contribution in [0, 0.1) is 59.2 Å². The topological polar surface area (TPSA) is 536 Å². The number of rotatable bonds is 58. The number of nitrogens with one attached hydrogen (secondary N) is 9. The first-order valence-corrected chi connectivity index (χ1v) is 45.9. The summed E-state index contributed by atoms with van der Waals surface area (Å²) >= 11 is 0. The van der Waals surface area contributed by atoms with Crippen molar-refractivity contribution in [1.29, 1.82) is 0 Å². The highest BCUT2D eigenvalue weighted by molar-refractivity contribution is 5.99. The number of methoxy groups -OCH3 is 2. The number of anilines is 1. The Balaban J connectivity index is 1.01. The number of likely N-dealkylation sites (N-methyl/N-ethyl adjacent to an activating group) is 2. The van der Waals surface area contributed by atoms with E-state index in [4.69, 9.17) is 54.1 Å². The molecule has 14 amide bonds. The van der Waals surface area contributed by atoms with Gasteiger partial charge in [0.25, 0.3) is 0 Å². The highest BCUT2D eigenvalue weighted by Gasteiger charge is 2.50. The SMILES string of the molecule is CC[C@H](C)C([C@@H](CC(=O)N1CCC[C@H]1[C@H](OC)[C@@H](C)C(=O)N[C@H](C)[C@@H](O)c1ccccc1)OC)N(C)C(=O)[C@@H](NC(=O)[C@H](C(C)C)N(C)C(=O)OCc1ccc(NC(=O)[C@H](CCCNC(N)=O)NC(=O)[C@@H](NC(=O)[C@H](CCC(=O)NC[C@H]2O[C@@H](CC(N)=O)[C@H](O)[C@@H]2O)NC(=O)CCOCCOCCOCCOCCNC(=O)OCC2[C@H]3CCC#CCC[C@@H]23)C(C)C)cc1)C(C)C. The van der Waals surface area contributed by atoms with E-state index in [1.165, 1.54) is 38.3 Å². The Kier molecular flexibility index (Phi) is 47.7. The van der Waals surface area contributed by atoms with E-state index >= 15 is 0 Å². The molecule has 0 radical (unpaired) electrons. The van der Waals surface area contributed by atoms with Crippen LogP contribution >= 0.6 is 0 Å². The molecule has 0 spiro atoms. The average Bonchev–Trinajstić information content (AvgIpc) is 1.63. The Hall–Kier alpha value is -9.89. The zero-order valence-corrected chi connectivity index (χ0v) is 78.6. The van der Waals surface area contributed by atoms with Crippen LogP contribution in [0.3, 0.4) is 0 Å². The number of primary amides is 2. The van der Waals surface area contributed by atoms with E-state index in [1.807, 2.05) is 19.9 Å². The van der Waals surface area contributed by atoms with Gasteiger partial charge in [-0.3, -0.25) is 52.8 Å². The van der Waals surface area contributed by atoms with E-state index in [0.29, 0.717) is 61.3 Å². The molecule has 0 bridgehead atoms. The molecule has 4 aliphatic rings. The fourth-order valence-corrected chi connectivity index (χ4v) is 16.8. The summed E-state index contributed by atoms with van der Waals surface area (Å²) in [5.41, 5.74) is 12.0. The fourth-order valence-electron chi connectivity index (χ4n) is 16.8. The number of carbonyl (C=O) groups is 13. The van der Waals surface area contributed by atoms with E-state index in [2.05, 4.69) is 59.7 Å². The number of hydrogen-bond donors (Lipinski definition) is 14. The van der Waals surface area contributed by atoms with Crippen molar-refractivity contribution in [3.05, 3.63) is 65.7 Å². The number of alkyl carbamates (subject to hydrolysis) is 1. The molecule has 734 valence electrons. The van der Waals surface area contributed by atoms with Gasteiger partial charge in [0, 0.05) is 85.9 Å². The first kappa shape index (κ1) is 110. The van der Waals surface area contributed by atoms with E-state index in [-0.39, 0.29) is 135 Å². The number of hydrogen-bond acceptors (Lipinski definition) is 25. The van der Waals surface area contributed by atoms with Gasteiger partial charge >= 0.3 is 18.2 Å². The quantitative estimate of drug-likeness (QED) is 0.0334. The summed E-state index contributed by atoms with van der Waals surface area (Å²) in [6, 6.07) is 6.19. The molecule has 39 heteroatoms. The van der Waals surface area contributed by atoms with Crippen molar-refractivity contribution >= 4 is 83.0 Å². The maximum atomic E-state index is 14.9. The molecule has 6 rings (SSSR count). The summed E-state index contributed by atoms with van der Waals surface area (Å²) in [6.45, 7) is 19.6. The van der Waals surface area contributed by atoms with Gasteiger partial charge in [-0.15, -0.1) is 11.8 Å². The fraction of sp³-hybridized carbons (Fsp3) is 0.707. The van der Waals surface area contributed by atoms with Crippen LogP contribution in [0.2, 0.25) is 0 Å². The molecule has 0 aromatic heterocycles. The van der Waals surface area contributed by atoms with E-state index in [9.17, 15) is 77.6 Å². The monoisotopic (exact) mass is 1850 g/mol. The number of carbonyl (C=O) groups excluding carboxylic acids is 13. The maximum Gasteiger partial charge on any atom is 0.410 e. The van der Waals surface area contributed by atoms with E-state index in [1.54, 1.807) is 104 Å². The lowest BCUT2D eigenvalue weighted by Gasteiger charge is -2.41. The van der Waals surface area contributed by atoms with E-state index < -0.39 is 193 Å². The summed E-state index contributed by atoms with van der Waals surface area (Å²) in [5, 5.41) is 56.4. The first-order chi connectivity index (χ1) is 62.4. The Morgan fingerprint density at radius 2 is 1.21 bits per heavy atom. The first-order valence-electron chi connectivity index (χ1n) is 45.9. The third-order valence-electron chi connectivity index (χ3n) is 24.5. The highest BCUT2D eigenvalue weighted by atomic mass is 16.6. The van der Waals surface area contributed by atoms with Crippen LogP contribution in [-0.2, 0) is 97.2 Å². The summed E-state index contributed by atoms with van der Waals surface area (Å²) in [7, 11) is 6.00. The second kappa shape index (κ2) is 56.9. The maximum absolute atomic E-state index is 14.9. The summed E-state index contributed by atoms with van der Waals surface area (Å²) in [5.74, 6) is -0.875. The van der Waals surface area contributed by atoms with Gasteiger partial charge in [0.1, 0.15) is 55.1 Å². The molecule has 2 aliphatic heterocycles. The van der Waals surface area contributed by atoms with Crippen molar-refractivity contribution in [2.45, 2.75) is 257 Å². The molecular formula is C92H146N14O25. The van der Waals surface area contributed by atoms with Crippen molar-refractivity contribution < 1.29 is 120 Å². The van der Waals surface area contributed by atoms with Gasteiger partial charge in [0.05, 0.1) is 121 Å². The van der Waals surface area contributed by atoms with Gasteiger partial charge < -0.3 is 127 Å².